The van der Waals surface area contributed by atoms with Crippen LogP contribution in [-0.4, -0.2) is 16.6 Å². The number of halogens is 1. The van der Waals surface area contributed by atoms with Gasteiger partial charge in [0.2, 0.25) is 5.91 Å². The van der Waals surface area contributed by atoms with E-state index in [-0.39, 0.29) is 11.9 Å². The Hall–Kier alpha value is -1.72. The molecule has 110 valence electrons. The summed E-state index contributed by atoms with van der Waals surface area (Å²) in [7, 11) is 0. The van der Waals surface area contributed by atoms with Gasteiger partial charge in [-0.3, -0.25) is 4.79 Å². The molecule has 1 amide bonds. The minimum Gasteiger partial charge on any atom is -0.397 e. The van der Waals surface area contributed by atoms with Gasteiger partial charge in [-0.15, -0.1) is 0 Å². The van der Waals surface area contributed by atoms with Crippen LogP contribution >= 0.6 is 23.4 Å². The predicted octanol–water partition coefficient (Wildman–Crippen LogP) is 3.29. The lowest BCUT2D eigenvalue weighted by Gasteiger charge is -2.15. The number of benzene rings is 1. The highest BCUT2D eigenvalue weighted by molar-refractivity contribution is 7.99. The highest BCUT2D eigenvalue weighted by atomic mass is 35.5. The van der Waals surface area contributed by atoms with E-state index in [1.807, 2.05) is 31.2 Å². The zero-order valence-corrected chi connectivity index (χ0v) is 13.1. The SMILES string of the molecule is CC(NC(=O)CSc1ccc(N)cn1)c1ccccc1Cl. The molecule has 0 fully saturated rings. The molecule has 2 aromatic rings. The van der Waals surface area contributed by atoms with E-state index in [4.69, 9.17) is 17.3 Å². The van der Waals surface area contributed by atoms with Gasteiger partial charge in [0.25, 0.3) is 0 Å². The zero-order chi connectivity index (χ0) is 15.2. The van der Waals surface area contributed by atoms with E-state index in [1.165, 1.54) is 11.8 Å². The first kappa shape index (κ1) is 15.7. The fourth-order valence-corrected chi connectivity index (χ4v) is 2.76. The molecule has 21 heavy (non-hydrogen) atoms. The summed E-state index contributed by atoms with van der Waals surface area (Å²) >= 11 is 7.48. The number of pyridine rings is 1. The maximum Gasteiger partial charge on any atom is 0.230 e. The van der Waals surface area contributed by atoms with Crippen LogP contribution in [-0.2, 0) is 4.79 Å². The highest BCUT2D eigenvalue weighted by Gasteiger charge is 2.12. The van der Waals surface area contributed by atoms with Gasteiger partial charge in [-0.1, -0.05) is 41.6 Å². The number of hydrogen-bond acceptors (Lipinski definition) is 4. The smallest absolute Gasteiger partial charge is 0.230 e. The van der Waals surface area contributed by atoms with Crippen LogP contribution in [0.3, 0.4) is 0 Å². The molecule has 0 radical (unpaired) electrons. The van der Waals surface area contributed by atoms with Crippen molar-refractivity contribution < 1.29 is 4.79 Å². The first-order valence-corrected chi connectivity index (χ1v) is 7.80. The molecule has 0 aliphatic carbocycles. The van der Waals surface area contributed by atoms with Crippen molar-refractivity contribution >= 4 is 35.0 Å². The van der Waals surface area contributed by atoms with Crippen molar-refractivity contribution in [3.63, 3.8) is 0 Å². The van der Waals surface area contributed by atoms with Gasteiger partial charge in [0.1, 0.15) is 0 Å². The van der Waals surface area contributed by atoms with E-state index in [0.29, 0.717) is 16.5 Å². The molecule has 4 nitrogen and oxygen atoms in total. The summed E-state index contributed by atoms with van der Waals surface area (Å²) in [4.78, 5) is 16.1. The average molecular weight is 322 g/mol. The van der Waals surface area contributed by atoms with Gasteiger partial charge in [0.05, 0.1) is 28.7 Å². The molecule has 2 rings (SSSR count). The van der Waals surface area contributed by atoms with E-state index in [9.17, 15) is 4.79 Å². The van der Waals surface area contributed by atoms with E-state index in [0.717, 1.165) is 10.6 Å². The summed E-state index contributed by atoms with van der Waals surface area (Å²) in [6.45, 7) is 1.91. The van der Waals surface area contributed by atoms with Crippen molar-refractivity contribution in [2.45, 2.75) is 18.0 Å². The topological polar surface area (TPSA) is 68.0 Å². The molecule has 0 bridgehead atoms. The molecular formula is C15H16ClN3OS. The number of rotatable bonds is 5. The average Bonchev–Trinajstić information content (AvgIpc) is 2.47. The number of carbonyl (C=O) groups is 1. The Morgan fingerprint density at radius 3 is 2.81 bits per heavy atom. The number of hydrogen-bond donors (Lipinski definition) is 2. The maximum atomic E-state index is 12.0. The number of thioether (sulfide) groups is 1. The quantitative estimate of drug-likeness (QED) is 0.829. The van der Waals surface area contributed by atoms with Crippen molar-refractivity contribution in [3.05, 3.63) is 53.2 Å². The molecule has 0 saturated heterocycles. The van der Waals surface area contributed by atoms with Crippen LogP contribution in [0.25, 0.3) is 0 Å². The van der Waals surface area contributed by atoms with Gasteiger partial charge in [-0.2, -0.15) is 0 Å². The number of nitrogen functional groups attached to an aromatic ring is 1. The number of carbonyl (C=O) groups excluding carboxylic acids is 1. The Labute approximate surface area is 133 Å². The summed E-state index contributed by atoms with van der Waals surface area (Å²) in [6, 6.07) is 10.9. The van der Waals surface area contributed by atoms with E-state index >= 15 is 0 Å². The second kappa shape index (κ2) is 7.33. The molecule has 1 unspecified atom stereocenters. The summed E-state index contributed by atoms with van der Waals surface area (Å²) in [6.07, 6.45) is 1.58. The molecular weight excluding hydrogens is 306 g/mol. The Bertz CT molecular complexity index is 619. The number of aromatic nitrogens is 1. The number of nitrogens with two attached hydrogens (primary N) is 1. The number of anilines is 1. The number of nitrogens with one attached hydrogen (secondary N) is 1. The Morgan fingerprint density at radius 2 is 2.14 bits per heavy atom. The van der Waals surface area contributed by atoms with Gasteiger partial charge in [0.15, 0.2) is 0 Å². The van der Waals surface area contributed by atoms with Crippen molar-refractivity contribution in [3.8, 4) is 0 Å². The van der Waals surface area contributed by atoms with Crippen LogP contribution in [0.15, 0.2) is 47.6 Å². The second-order valence-electron chi connectivity index (χ2n) is 4.53. The lowest BCUT2D eigenvalue weighted by Crippen LogP contribution is -2.28. The monoisotopic (exact) mass is 321 g/mol. The fraction of sp³-hybridized carbons (Fsp3) is 0.200. The van der Waals surface area contributed by atoms with E-state index in [2.05, 4.69) is 10.3 Å². The molecule has 3 N–H and O–H groups in total. The maximum absolute atomic E-state index is 12.0. The molecule has 6 heteroatoms. The first-order chi connectivity index (χ1) is 10.1. The predicted molar refractivity (Wildman–Crippen MR) is 87.4 cm³/mol. The van der Waals surface area contributed by atoms with E-state index < -0.39 is 0 Å². The van der Waals surface area contributed by atoms with Crippen LogP contribution in [0.5, 0.6) is 0 Å². The minimum atomic E-state index is -0.133. The normalized spacial score (nSPS) is 11.9. The molecule has 1 heterocycles. The standard InChI is InChI=1S/C15H16ClN3OS/c1-10(12-4-2-3-5-13(12)16)19-14(20)9-21-15-7-6-11(17)8-18-15/h2-8,10H,9,17H2,1H3,(H,19,20). The van der Waals surface area contributed by atoms with Crippen LogP contribution in [0.1, 0.15) is 18.5 Å². The molecule has 0 aliphatic heterocycles. The number of amides is 1. The van der Waals surface area contributed by atoms with Crippen molar-refractivity contribution in [1.29, 1.82) is 0 Å². The Balaban J connectivity index is 1.87. The summed E-state index contributed by atoms with van der Waals surface area (Å²) in [5, 5.41) is 4.34. The van der Waals surface area contributed by atoms with Crippen LogP contribution < -0.4 is 11.1 Å². The van der Waals surface area contributed by atoms with Crippen molar-refractivity contribution in [2.24, 2.45) is 0 Å². The van der Waals surface area contributed by atoms with Gasteiger partial charge in [0, 0.05) is 5.02 Å². The van der Waals surface area contributed by atoms with Gasteiger partial charge in [-0.25, -0.2) is 4.98 Å². The van der Waals surface area contributed by atoms with Crippen LogP contribution in [0.4, 0.5) is 5.69 Å². The van der Waals surface area contributed by atoms with Gasteiger partial charge < -0.3 is 11.1 Å². The molecule has 0 spiro atoms. The molecule has 0 saturated carbocycles. The lowest BCUT2D eigenvalue weighted by molar-refractivity contribution is -0.119. The first-order valence-electron chi connectivity index (χ1n) is 6.44. The molecule has 1 atom stereocenters. The van der Waals surface area contributed by atoms with Crippen molar-refractivity contribution in [2.75, 3.05) is 11.5 Å². The molecule has 1 aromatic heterocycles. The van der Waals surface area contributed by atoms with Gasteiger partial charge in [-0.05, 0) is 30.7 Å². The van der Waals surface area contributed by atoms with Gasteiger partial charge >= 0.3 is 0 Å². The summed E-state index contributed by atoms with van der Waals surface area (Å²) in [5.41, 5.74) is 7.08. The van der Waals surface area contributed by atoms with E-state index in [1.54, 1.807) is 18.3 Å². The lowest BCUT2D eigenvalue weighted by atomic mass is 10.1. The third kappa shape index (κ3) is 4.65. The van der Waals surface area contributed by atoms with Crippen molar-refractivity contribution in [1.82, 2.24) is 10.3 Å². The fourth-order valence-electron chi connectivity index (χ4n) is 1.80. The summed E-state index contributed by atoms with van der Waals surface area (Å²) < 4.78 is 0. The zero-order valence-electron chi connectivity index (χ0n) is 11.5. The van der Waals surface area contributed by atoms with Crippen LogP contribution in [0, 0.1) is 0 Å². The molecule has 0 aliphatic rings. The largest absolute Gasteiger partial charge is 0.397 e. The number of nitrogens with zero attached hydrogens (tertiary/aromatic N) is 1. The molecule has 1 aromatic carbocycles. The Morgan fingerprint density at radius 1 is 1.38 bits per heavy atom. The summed E-state index contributed by atoms with van der Waals surface area (Å²) in [5.74, 6) is 0.233. The van der Waals surface area contributed by atoms with Crippen LogP contribution in [0.2, 0.25) is 5.02 Å². The highest BCUT2D eigenvalue weighted by Crippen LogP contribution is 2.22. The Kier molecular flexibility index (Phi) is 5.47. The third-order valence-corrected chi connectivity index (χ3v) is 4.15. The minimum absolute atomic E-state index is 0.0638. The third-order valence-electron chi connectivity index (χ3n) is 2.86. The second-order valence-corrected chi connectivity index (χ2v) is 5.93.